The minimum atomic E-state index is -3.42. The summed E-state index contributed by atoms with van der Waals surface area (Å²) in [5.74, 6) is -0.133. The Morgan fingerprint density at radius 2 is 1.87 bits per heavy atom. The van der Waals surface area contributed by atoms with Crippen LogP contribution < -0.4 is 5.32 Å². The van der Waals surface area contributed by atoms with Gasteiger partial charge in [-0.15, -0.1) is 0 Å². The Bertz CT molecular complexity index is 681. The van der Waals surface area contributed by atoms with E-state index in [9.17, 15) is 13.2 Å². The maximum absolute atomic E-state index is 12.7. The maximum Gasteiger partial charge on any atom is 0.239 e. The molecule has 1 N–H and O–H groups in total. The molecule has 0 aromatic heterocycles. The molecule has 1 aromatic carbocycles. The van der Waals surface area contributed by atoms with Crippen LogP contribution in [0.5, 0.6) is 0 Å². The van der Waals surface area contributed by atoms with E-state index in [0.717, 1.165) is 36.8 Å². The summed E-state index contributed by atoms with van der Waals surface area (Å²) in [7, 11) is -3.42. The first-order valence-corrected chi connectivity index (χ1v) is 9.99. The third kappa shape index (κ3) is 3.43. The Morgan fingerprint density at radius 1 is 1.22 bits per heavy atom. The number of fused-ring (bicyclic) bond motifs is 1. The van der Waals surface area contributed by atoms with Gasteiger partial charge < -0.3 is 5.32 Å². The van der Waals surface area contributed by atoms with E-state index in [1.807, 2.05) is 24.3 Å². The predicted octanol–water partition coefficient (Wildman–Crippen LogP) is 1.82. The van der Waals surface area contributed by atoms with Crippen LogP contribution in [0.15, 0.2) is 24.3 Å². The number of sulfonamides is 1. The van der Waals surface area contributed by atoms with Crippen molar-refractivity contribution in [2.24, 2.45) is 0 Å². The lowest BCUT2D eigenvalue weighted by Gasteiger charge is -2.35. The highest BCUT2D eigenvalue weighted by Crippen LogP contribution is 2.27. The van der Waals surface area contributed by atoms with Crippen LogP contribution in [-0.4, -0.2) is 36.5 Å². The molecular formula is C17H24N2O3S. The van der Waals surface area contributed by atoms with Crippen LogP contribution in [0.25, 0.3) is 0 Å². The molecule has 1 aliphatic heterocycles. The van der Waals surface area contributed by atoms with Crippen LogP contribution >= 0.6 is 0 Å². The largest absolute Gasteiger partial charge is 0.352 e. The third-order valence-corrected chi connectivity index (χ3v) is 6.76. The summed E-state index contributed by atoms with van der Waals surface area (Å²) in [6.45, 7) is 1.91. The van der Waals surface area contributed by atoms with E-state index in [2.05, 4.69) is 5.32 Å². The van der Waals surface area contributed by atoms with E-state index in [4.69, 9.17) is 0 Å². The second kappa shape index (κ2) is 6.61. The lowest BCUT2D eigenvalue weighted by molar-refractivity contribution is -0.125. The van der Waals surface area contributed by atoms with Crippen molar-refractivity contribution in [1.29, 1.82) is 0 Å². The van der Waals surface area contributed by atoms with E-state index in [0.29, 0.717) is 6.42 Å². The van der Waals surface area contributed by atoms with Crippen molar-refractivity contribution in [3.8, 4) is 0 Å². The molecule has 0 spiro atoms. The Balaban J connectivity index is 1.86. The second-order valence-corrected chi connectivity index (χ2v) is 8.63. The fourth-order valence-corrected chi connectivity index (χ4v) is 4.77. The number of nitrogens with zero attached hydrogens (tertiary/aromatic N) is 1. The Morgan fingerprint density at radius 3 is 2.52 bits per heavy atom. The second-order valence-electron chi connectivity index (χ2n) is 6.42. The number of carbonyl (C=O) groups is 1. The molecule has 0 unspecified atom stereocenters. The van der Waals surface area contributed by atoms with Crippen molar-refractivity contribution in [3.63, 3.8) is 0 Å². The highest BCUT2D eigenvalue weighted by molar-refractivity contribution is 7.89. The number of amides is 1. The smallest absolute Gasteiger partial charge is 0.239 e. The van der Waals surface area contributed by atoms with Gasteiger partial charge in [-0.3, -0.25) is 4.79 Å². The number of hydrogen-bond donors (Lipinski definition) is 1. The Labute approximate surface area is 138 Å². The van der Waals surface area contributed by atoms with Gasteiger partial charge in [0.05, 0.1) is 5.75 Å². The van der Waals surface area contributed by atoms with E-state index < -0.39 is 16.1 Å². The van der Waals surface area contributed by atoms with Crippen molar-refractivity contribution in [1.82, 2.24) is 9.62 Å². The van der Waals surface area contributed by atoms with E-state index >= 15 is 0 Å². The number of benzene rings is 1. The van der Waals surface area contributed by atoms with Gasteiger partial charge in [-0.1, -0.05) is 37.1 Å². The number of hydrogen-bond acceptors (Lipinski definition) is 3. The Hall–Kier alpha value is -1.40. The van der Waals surface area contributed by atoms with Crippen molar-refractivity contribution < 1.29 is 13.2 Å². The topological polar surface area (TPSA) is 66.5 Å². The average Bonchev–Trinajstić information content (AvgIpc) is 3.06. The van der Waals surface area contributed by atoms with Gasteiger partial charge in [0, 0.05) is 12.6 Å². The first kappa shape index (κ1) is 16.5. The fraction of sp³-hybridized carbons (Fsp3) is 0.588. The Kier molecular flexibility index (Phi) is 4.73. The molecule has 1 fully saturated rings. The zero-order chi connectivity index (χ0) is 16.4. The molecule has 126 valence electrons. The average molecular weight is 336 g/mol. The minimum absolute atomic E-state index is 0.0162. The third-order valence-electron chi connectivity index (χ3n) is 4.93. The highest BCUT2D eigenvalue weighted by atomic mass is 32.2. The van der Waals surface area contributed by atoms with E-state index in [-0.39, 0.29) is 24.2 Å². The zero-order valence-corrected chi connectivity index (χ0v) is 14.3. The standard InChI is InChI=1S/C17H24N2O3S/c1-2-23(21,22)19-12-14-8-4-3-7-13(14)11-16(19)17(20)18-15-9-5-6-10-15/h3-4,7-8,15-16H,2,5-6,9-12H2,1H3,(H,18,20)/t16-/m1/s1. The molecule has 23 heavy (non-hydrogen) atoms. The van der Waals surface area contributed by atoms with Crippen LogP contribution in [0.3, 0.4) is 0 Å². The van der Waals surface area contributed by atoms with Gasteiger partial charge >= 0.3 is 0 Å². The summed E-state index contributed by atoms with van der Waals surface area (Å²) in [6, 6.07) is 7.35. The van der Waals surface area contributed by atoms with Crippen LogP contribution in [0.2, 0.25) is 0 Å². The van der Waals surface area contributed by atoms with Gasteiger partial charge in [0.2, 0.25) is 15.9 Å². The van der Waals surface area contributed by atoms with Gasteiger partial charge in [0.15, 0.2) is 0 Å². The molecule has 1 heterocycles. The van der Waals surface area contributed by atoms with Gasteiger partial charge in [-0.25, -0.2) is 8.42 Å². The number of rotatable bonds is 4. The summed E-state index contributed by atoms with van der Waals surface area (Å²) in [6.07, 6.45) is 4.71. The molecule has 1 aliphatic carbocycles. The SMILES string of the molecule is CCS(=O)(=O)N1Cc2ccccc2C[C@@H]1C(=O)NC1CCCC1. The lowest BCUT2D eigenvalue weighted by Crippen LogP contribution is -2.54. The first-order valence-electron chi connectivity index (χ1n) is 8.38. The highest BCUT2D eigenvalue weighted by Gasteiger charge is 2.38. The monoisotopic (exact) mass is 336 g/mol. The van der Waals surface area contributed by atoms with Gasteiger partial charge in [0.25, 0.3) is 0 Å². The molecule has 0 radical (unpaired) electrons. The molecule has 1 aromatic rings. The summed E-state index contributed by atoms with van der Waals surface area (Å²) >= 11 is 0. The number of nitrogens with one attached hydrogen (secondary N) is 1. The van der Waals surface area contributed by atoms with E-state index in [1.165, 1.54) is 4.31 Å². The first-order chi connectivity index (χ1) is 11.0. The summed E-state index contributed by atoms with van der Waals surface area (Å²) in [4.78, 5) is 12.7. The minimum Gasteiger partial charge on any atom is -0.352 e. The molecule has 1 atom stereocenters. The van der Waals surface area contributed by atoms with Crippen LogP contribution in [0.4, 0.5) is 0 Å². The molecular weight excluding hydrogens is 312 g/mol. The van der Waals surface area contributed by atoms with Crippen molar-refractivity contribution in [2.45, 2.75) is 57.7 Å². The van der Waals surface area contributed by atoms with Crippen molar-refractivity contribution in [3.05, 3.63) is 35.4 Å². The molecule has 3 rings (SSSR count). The maximum atomic E-state index is 12.7. The number of carbonyl (C=O) groups excluding carboxylic acids is 1. The van der Waals surface area contributed by atoms with Gasteiger partial charge in [0.1, 0.15) is 6.04 Å². The van der Waals surface area contributed by atoms with E-state index in [1.54, 1.807) is 6.92 Å². The molecule has 0 saturated heterocycles. The van der Waals surface area contributed by atoms with Crippen molar-refractivity contribution >= 4 is 15.9 Å². The quantitative estimate of drug-likeness (QED) is 0.912. The molecule has 1 amide bonds. The molecule has 5 nitrogen and oxygen atoms in total. The predicted molar refractivity (Wildman–Crippen MR) is 89.3 cm³/mol. The lowest BCUT2D eigenvalue weighted by atomic mass is 9.95. The summed E-state index contributed by atoms with van der Waals surface area (Å²) < 4.78 is 26.3. The molecule has 2 aliphatic rings. The molecule has 0 bridgehead atoms. The molecule has 6 heteroatoms. The van der Waals surface area contributed by atoms with Crippen LogP contribution in [-0.2, 0) is 27.8 Å². The molecule has 1 saturated carbocycles. The zero-order valence-electron chi connectivity index (χ0n) is 13.5. The summed E-state index contributed by atoms with van der Waals surface area (Å²) in [5, 5.41) is 3.06. The van der Waals surface area contributed by atoms with Gasteiger partial charge in [-0.2, -0.15) is 4.31 Å². The normalized spacial score (nSPS) is 22.7. The summed E-state index contributed by atoms with van der Waals surface area (Å²) in [5.41, 5.74) is 2.07. The van der Waals surface area contributed by atoms with Crippen molar-refractivity contribution in [2.75, 3.05) is 5.75 Å². The fourth-order valence-electron chi connectivity index (χ4n) is 3.55. The van der Waals surface area contributed by atoms with Crippen LogP contribution in [0.1, 0.15) is 43.7 Å². The van der Waals surface area contributed by atoms with Crippen LogP contribution in [0, 0.1) is 0 Å². The van der Waals surface area contributed by atoms with Gasteiger partial charge in [-0.05, 0) is 37.3 Å².